The van der Waals surface area contributed by atoms with E-state index in [2.05, 4.69) is 27.5 Å². The predicted octanol–water partition coefficient (Wildman–Crippen LogP) is 4.00. The second kappa shape index (κ2) is 10.6. The molecule has 9 nitrogen and oxygen atoms in total. The highest BCUT2D eigenvalue weighted by Crippen LogP contribution is 2.30. The van der Waals surface area contributed by atoms with E-state index in [-0.39, 0.29) is 23.7 Å². The summed E-state index contributed by atoms with van der Waals surface area (Å²) in [6, 6.07) is 13.4. The molecule has 0 radical (unpaired) electrons. The van der Waals surface area contributed by atoms with Crippen molar-refractivity contribution in [3.63, 3.8) is 0 Å². The number of hydrogen-bond acceptors (Lipinski definition) is 6. The second-order valence-corrected chi connectivity index (χ2v) is 9.99. The maximum Gasteiger partial charge on any atom is 0.255 e. The molecule has 0 unspecified atom stereocenters. The molecule has 200 valence electrons. The van der Waals surface area contributed by atoms with E-state index in [1.54, 1.807) is 35.2 Å². The van der Waals surface area contributed by atoms with Crippen LogP contribution < -0.4 is 15.8 Å². The minimum absolute atomic E-state index is 0.0554. The van der Waals surface area contributed by atoms with Gasteiger partial charge in [-0.2, -0.15) is 5.10 Å². The van der Waals surface area contributed by atoms with Crippen LogP contribution in [0.2, 0.25) is 0 Å². The largest absolute Gasteiger partial charge is 0.496 e. The van der Waals surface area contributed by atoms with Gasteiger partial charge in [-0.3, -0.25) is 14.3 Å². The van der Waals surface area contributed by atoms with Crippen LogP contribution in [0.3, 0.4) is 0 Å². The zero-order valence-corrected chi connectivity index (χ0v) is 22.6. The normalized spacial score (nSPS) is 14.9. The zero-order valence-electron chi connectivity index (χ0n) is 22.6. The van der Waals surface area contributed by atoms with Gasteiger partial charge in [0.25, 0.3) is 11.8 Å². The molecule has 1 fully saturated rings. The smallest absolute Gasteiger partial charge is 0.255 e. The Hall–Kier alpha value is -4.66. The van der Waals surface area contributed by atoms with E-state index < -0.39 is 0 Å². The minimum atomic E-state index is -0.306. The summed E-state index contributed by atoms with van der Waals surface area (Å²) in [6.07, 6.45) is 5.85. The second-order valence-electron chi connectivity index (χ2n) is 9.99. The summed E-state index contributed by atoms with van der Waals surface area (Å²) in [7, 11) is 3.50. The first-order valence-corrected chi connectivity index (χ1v) is 12.8. The molecule has 1 aliphatic heterocycles. The maximum absolute atomic E-state index is 13.2. The van der Waals surface area contributed by atoms with Gasteiger partial charge in [-0.1, -0.05) is 12.1 Å². The van der Waals surface area contributed by atoms with Gasteiger partial charge >= 0.3 is 0 Å². The number of pyridine rings is 1. The third-order valence-corrected chi connectivity index (χ3v) is 7.14. The van der Waals surface area contributed by atoms with Crippen molar-refractivity contribution in [2.75, 3.05) is 25.9 Å². The number of hydrogen-bond donors (Lipinski definition) is 2. The van der Waals surface area contributed by atoms with E-state index in [1.165, 1.54) is 0 Å². The number of ether oxygens (including phenoxy) is 1. The molecule has 3 heterocycles. The molecule has 2 amide bonds. The van der Waals surface area contributed by atoms with E-state index in [0.29, 0.717) is 30.6 Å². The van der Waals surface area contributed by atoms with Crippen molar-refractivity contribution in [1.82, 2.24) is 25.0 Å². The highest BCUT2D eigenvalue weighted by atomic mass is 16.5. The Balaban J connectivity index is 1.23. The summed E-state index contributed by atoms with van der Waals surface area (Å²) in [5.74, 6) is 0.689. The lowest BCUT2D eigenvalue weighted by Crippen LogP contribution is -2.38. The fourth-order valence-corrected chi connectivity index (χ4v) is 5.14. The van der Waals surface area contributed by atoms with Crippen LogP contribution in [0.15, 0.2) is 61.1 Å². The molecule has 4 aromatic rings. The van der Waals surface area contributed by atoms with Crippen LogP contribution in [-0.2, 0) is 7.05 Å². The number of nitrogens with zero attached hydrogens (tertiary/aromatic N) is 4. The van der Waals surface area contributed by atoms with Gasteiger partial charge in [-0.15, -0.1) is 0 Å². The quantitative estimate of drug-likeness (QED) is 0.394. The number of nitrogen functional groups attached to an aromatic ring is 1. The number of nitrogens with two attached hydrogens (primary N) is 1. The number of likely N-dealkylation sites (tertiary alicyclic amines) is 1. The molecule has 1 atom stereocenters. The summed E-state index contributed by atoms with van der Waals surface area (Å²) in [6.45, 7) is 5.04. The highest BCUT2D eigenvalue weighted by Gasteiger charge is 2.29. The summed E-state index contributed by atoms with van der Waals surface area (Å²) in [4.78, 5) is 32.2. The summed E-state index contributed by atoms with van der Waals surface area (Å²) >= 11 is 0. The number of benzene rings is 2. The average Bonchev–Trinajstić information content (AvgIpc) is 3.57. The van der Waals surface area contributed by atoms with Gasteiger partial charge < -0.3 is 20.7 Å². The molecular formula is C30H32N6O3. The summed E-state index contributed by atoms with van der Waals surface area (Å²) in [5.41, 5.74) is 12.8. The standard InChI is InChI=1S/C30H32N6O3/c1-18-11-22(12-19(2)27(18)39-4)20-5-7-21(8-6-20)30(38)36-10-9-25(17-36)34-29(37)26-13-23(14-32-28(26)31)24-15-33-35(3)16-24/h5-8,11-16,25H,9-10,17H2,1-4H3,(H2,31,32)(H,34,37)/t25-/m1/s1. The molecule has 0 saturated carbocycles. The predicted molar refractivity (Wildman–Crippen MR) is 151 cm³/mol. The van der Waals surface area contributed by atoms with Crippen molar-refractivity contribution >= 4 is 17.6 Å². The molecule has 9 heteroatoms. The van der Waals surface area contributed by atoms with Gasteiger partial charge in [0.05, 0.1) is 18.9 Å². The Bertz CT molecular complexity index is 1520. The Kier molecular flexibility index (Phi) is 7.06. The van der Waals surface area contributed by atoms with E-state index in [4.69, 9.17) is 10.5 Å². The number of amides is 2. The molecule has 2 aromatic carbocycles. The fourth-order valence-electron chi connectivity index (χ4n) is 5.14. The molecule has 2 aromatic heterocycles. The van der Waals surface area contributed by atoms with Crippen molar-refractivity contribution in [2.24, 2.45) is 7.05 Å². The molecule has 1 saturated heterocycles. The molecule has 0 spiro atoms. The Morgan fingerprint density at radius 3 is 2.36 bits per heavy atom. The summed E-state index contributed by atoms with van der Waals surface area (Å²) in [5, 5.41) is 7.19. The number of carbonyl (C=O) groups is 2. The Morgan fingerprint density at radius 1 is 1.00 bits per heavy atom. The number of aryl methyl sites for hydroxylation is 3. The maximum atomic E-state index is 13.2. The SMILES string of the molecule is COc1c(C)cc(-c2ccc(C(=O)N3CC[C@@H](NC(=O)c4cc(-c5cnn(C)c5)cnc4N)C3)cc2)cc1C. The number of methoxy groups -OCH3 is 1. The molecular weight excluding hydrogens is 492 g/mol. The first kappa shape index (κ1) is 26.0. The van der Waals surface area contributed by atoms with Gasteiger partial charge in [-0.25, -0.2) is 4.98 Å². The lowest BCUT2D eigenvalue weighted by atomic mass is 9.98. The van der Waals surface area contributed by atoms with Crippen LogP contribution in [0.25, 0.3) is 22.3 Å². The minimum Gasteiger partial charge on any atom is -0.496 e. The van der Waals surface area contributed by atoms with Gasteiger partial charge in [0, 0.05) is 55.3 Å². The third-order valence-electron chi connectivity index (χ3n) is 7.14. The van der Waals surface area contributed by atoms with Crippen LogP contribution in [0.1, 0.15) is 38.3 Å². The molecule has 39 heavy (non-hydrogen) atoms. The van der Waals surface area contributed by atoms with E-state index in [0.717, 1.165) is 39.1 Å². The van der Waals surface area contributed by atoms with Gasteiger partial charge in [-0.05, 0) is 72.9 Å². The van der Waals surface area contributed by atoms with Crippen LogP contribution in [0, 0.1) is 13.8 Å². The molecule has 3 N–H and O–H groups in total. The van der Waals surface area contributed by atoms with E-state index >= 15 is 0 Å². The van der Waals surface area contributed by atoms with Crippen molar-refractivity contribution in [1.29, 1.82) is 0 Å². The number of aromatic nitrogens is 3. The zero-order chi connectivity index (χ0) is 27.7. The van der Waals surface area contributed by atoms with Gasteiger partial charge in [0.15, 0.2) is 0 Å². The van der Waals surface area contributed by atoms with Crippen molar-refractivity contribution in [3.8, 4) is 28.0 Å². The summed E-state index contributed by atoms with van der Waals surface area (Å²) < 4.78 is 7.16. The van der Waals surface area contributed by atoms with Crippen molar-refractivity contribution in [3.05, 3.63) is 83.3 Å². The third kappa shape index (κ3) is 5.34. The van der Waals surface area contributed by atoms with Crippen LogP contribution >= 0.6 is 0 Å². The van der Waals surface area contributed by atoms with Crippen molar-refractivity contribution in [2.45, 2.75) is 26.3 Å². The van der Waals surface area contributed by atoms with Crippen LogP contribution in [0.5, 0.6) is 5.75 Å². The topological polar surface area (TPSA) is 115 Å². The molecule has 0 aliphatic carbocycles. The lowest BCUT2D eigenvalue weighted by molar-refractivity contribution is 0.0783. The van der Waals surface area contributed by atoms with Gasteiger partial charge in [0.1, 0.15) is 11.6 Å². The average molecular weight is 525 g/mol. The number of nitrogens with one attached hydrogen (secondary N) is 1. The lowest BCUT2D eigenvalue weighted by Gasteiger charge is -2.18. The van der Waals surface area contributed by atoms with E-state index in [9.17, 15) is 9.59 Å². The Morgan fingerprint density at radius 2 is 1.72 bits per heavy atom. The monoisotopic (exact) mass is 524 g/mol. The first-order chi connectivity index (χ1) is 18.7. The molecule has 0 bridgehead atoms. The molecule has 5 rings (SSSR count). The van der Waals surface area contributed by atoms with Crippen LogP contribution in [0.4, 0.5) is 5.82 Å². The van der Waals surface area contributed by atoms with E-state index in [1.807, 2.05) is 51.4 Å². The Labute approximate surface area is 227 Å². The van der Waals surface area contributed by atoms with Gasteiger partial charge in [0.2, 0.25) is 0 Å². The molecule has 1 aliphatic rings. The fraction of sp³-hybridized carbons (Fsp3) is 0.267. The first-order valence-electron chi connectivity index (χ1n) is 12.8. The van der Waals surface area contributed by atoms with Crippen molar-refractivity contribution < 1.29 is 14.3 Å². The number of carbonyl (C=O) groups excluding carboxylic acids is 2. The number of rotatable bonds is 6. The number of anilines is 1. The highest BCUT2D eigenvalue weighted by molar-refractivity contribution is 6.00. The van der Waals surface area contributed by atoms with Crippen LogP contribution in [-0.4, -0.2) is 57.7 Å².